The highest BCUT2D eigenvalue weighted by Gasteiger charge is 2.30. The second kappa shape index (κ2) is 6.44. The van der Waals surface area contributed by atoms with Crippen LogP contribution >= 0.6 is 23.2 Å². The SMILES string of the molecule is O=C(CCCCl)N1CCCC1c1ccccc1Cl. The Morgan fingerprint density at radius 3 is 2.89 bits per heavy atom. The van der Waals surface area contributed by atoms with Gasteiger partial charge in [0.25, 0.3) is 0 Å². The zero-order valence-electron chi connectivity index (χ0n) is 10.2. The Morgan fingerprint density at radius 1 is 1.39 bits per heavy atom. The zero-order chi connectivity index (χ0) is 13.0. The Balaban J connectivity index is 2.12. The van der Waals surface area contributed by atoms with Crippen LogP contribution in [0, 0.1) is 0 Å². The lowest BCUT2D eigenvalue weighted by Gasteiger charge is -2.25. The minimum absolute atomic E-state index is 0.140. The van der Waals surface area contributed by atoms with Crippen molar-refractivity contribution in [3.63, 3.8) is 0 Å². The molecule has 1 saturated heterocycles. The van der Waals surface area contributed by atoms with Crippen molar-refractivity contribution in [3.8, 4) is 0 Å². The summed E-state index contributed by atoms with van der Waals surface area (Å²) in [4.78, 5) is 14.1. The van der Waals surface area contributed by atoms with Crippen molar-refractivity contribution in [1.82, 2.24) is 4.90 Å². The van der Waals surface area contributed by atoms with E-state index in [0.29, 0.717) is 12.3 Å². The van der Waals surface area contributed by atoms with Gasteiger partial charge in [0, 0.05) is 23.9 Å². The fourth-order valence-corrected chi connectivity index (χ4v) is 2.89. The Kier molecular flexibility index (Phi) is 4.90. The molecule has 0 aliphatic carbocycles. The number of amides is 1. The number of hydrogen-bond donors (Lipinski definition) is 0. The highest BCUT2D eigenvalue weighted by molar-refractivity contribution is 6.31. The maximum Gasteiger partial charge on any atom is 0.223 e. The van der Waals surface area contributed by atoms with E-state index in [-0.39, 0.29) is 11.9 Å². The summed E-state index contributed by atoms with van der Waals surface area (Å²) < 4.78 is 0. The summed E-state index contributed by atoms with van der Waals surface area (Å²) in [6, 6.07) is 7.93. The van der Waals surface area contributed by atoms with Crippen molar-refractivity contribution >= 4 is 29.1 Å². The summed E-state index contributed by atoms with van der Waals surface area (Å²) in [7, 11) is 0. The second-order valence-corrected chi connectivity index (χ2v) is 5.34. The van der Waals surface area contributed by atoms with E-state index >= 15 is 0 Å². The molecule has 1 heterocycles. The molecule has 0 bridgehead atoms. The molecular weight excluding hydrogens is 269 g/mol. The van der Waals surface area contributed by atoms with Crippen molar-refractivity contribution in [2.75, 3.05) is 12.4 Å². The van der Waals surface area contributed by atoms with Gasteiger partial charge in [-0.05, 0) is 30.9 Å². The van der Waals surface area contributed by atoms with Crippen molar-refractivity contribution in [2.24, 2.45) is 0 Å². The highest BCUT2D eigenvalue weighted by atomic mass is 35.5. The van der Waals surface area contributed by atoms with Crippen LogP contribution in [-0.2, 0) is 4.79 Å². The number of rotatable bonds is 4. The van der Waals surface area contributed by atoms with Gasteiger partial charge in [-0.2, -0.15) is 0 Å². The topological polar surface area (TPSA) is 20.3 Å². The predicted octanol–water partition coefficient (Wildman–Crippen LogP) is 4.02. The molecule has 2 nitrogen and oxygen atoms in total. The molecule has 1 amide bonds. The van der Waals surface area contributed by atoms with Crippen molar-refractivity contribution in [2.45, 2.75) is 31.7 Å². The molecule has 0 N–H and O–H groups in total. The first kappa shape index (κ1) is 13.7. The van der Waals surface area contributed by atoms with Gasteiger partial charge < -0.3 is 4.90 Å². The van der Waals surface area contributed by atoms with Gasteiger partial charge in [0.1, 0.15) is 0 Å². The fourth-order valence-electron chi connectivity index (χ4n) is 2.50. The molecule has 0 aromatic heterocycles. The van der Waals surface area contributed by atoms with Crippen LogP contribution in [0.2, 0.25) is 5.02 Å². The van der Waals surface area contributed by atoms with E-state index in [1.54, 1.807) is 0 Å². The van der Waals surface area contributed by atoms with E-state index in [2.05, 4.69) is 0 Å². The lowest BCUT2D eigenvalue weighted by molar-refractivity contribution is -0.132. The van der Waals surface area contributed by atoms with Crippen LogP contribution in [0.4, 0.5) is 0 Å². The predicted molar refractivity (Wildman–Crippen MR) is 75.1 cm³/mol. The first-order chi connectivity index (χ1) is 8.74. The Morgan fingerprint density at radius 2 is 2.17 bits per heavy atom. The molecule has 1 atom stereocenters. The zero-order valence-corrected chi connectivity index (χ0v) is 11.8. The van der Waals surface area contributed by atoms with Gasteiger partial charge in [-0.25, -0.2) is 0 Å². The molecule has 98 valence electrons. The van der Waals surface area contributed by atoms with Crippen molar-refractivity contribution < 1.29 is 4.79 Å². The first-order valence-corrected chi connectivity index (χ1v) is 7.25. The van der Waals surface area contributed by atoms with Crippen molar-refractivity contribution in [1.29, 1.82) is 0 Å². The number of carbonyl (C=O) groups excluding carboxylic acids is 1. The van der Waals surface area contributed by atoms with Crippen LogP contribution in [0.5, 0.6) is 0 Å². The monoisotopic (exact) mass is 285 g/mol. The van der Waals surface area contributed by atoms with Crippen LogP contribution in [0.3, 0.4) is 0 Å². The largest absolute Gasteiger partial charge is 0.336 e. The standard InChI is InChI=1S/C14H17Cl2NO/c15-9-3-8-14(18)17-10-4-7-13(17)11-5-1-2-6-12(11)16/h1-2,5-6,13H,3-4,7-10H2. The summed E-state index contributed by atoms with van der Waals surface area (Å²) >= 11 is 11.9. The number of alkyl halides is 1. The summed E-state index contributed by atoms with van der Waals surface area (Å²) in [6.45, 7) is 0.830. The molecule has 1 aromatic carbocycles. The number of carbonyl (C=O) groups is 1. The minimum Gasteiger partial charge on any atom is -0.336 e. The number of halogens is 2. The van der Waals surface area contributed by atoms with Crippen LogP contribution in [0.25, 0.3) is 0 Å². The summed E-state index contributed by atoms with van der Waals surface area (Å²) in [5, 5.41) is 0.750. The third-order valence-electron chi connectivity index (χ3n) is 3.36. The van der Waals surface area contributed by atoms with E-state index in [0.717, 1.165) is 36.4 Å². The van der Waals surface area contributed by atoms with Gasteiger partial charge in [-0.15, -0.1) is 11.6 Å². The second-order valence-electron chi connectivity index (χ2n) is 4.56. The molecule has 1 aliphatic heterocycles. The van der Waals surface area contributed by atoms with Crippen LogP contribution < -0.4 is 0 Å². The molecule has 2 rings (SSSR count). The smallest absolute Gasteiger partial charge is 0.223 e. The normalized spacial score (nSPS) is 19.2. The molecule has 1 fully saturated rings. The number of hydrogen-bond acceptors (Lipinski definition) is 1. The van der Waals surface area contributed by atoms with Gasteiger partial charge in [0.15, 0.2) is 0 Å². The molecule has 1 aliphatic rings. The van der Waals surface area contributed by atoms with Crippen LogP contribution in [-0.4, -0.2) is 23.2 Å². The molecule has 1 unspecified atom stereocenters. The van der Waals surface area contributed by atoms with E-state index in [4.69, 9.17) is 23.2 Å². The quantitative estimate of drug-likeness (QED) is 0.765. The number of likely N-dealkylation sites (tertiary alicyclic amines) is 1. The molecule has 1 aromatic rings. The van der Waals surface area contributed by atoms with E-state index in [9.17, 15) is 4.79 Å². The summed E-state index contributed by atoms with van der Waals surface area (Å²) in [5.74, 6) is 0.731. The fraction of sp³-hybridized carbons (Fsp3) is 0.500. The van der Waals surface area contributed by atoms with E-state index < -0.39 is 0 Å². The lowest BCUT2D eigenvalue weighted by atomic mass is 10.0. The average molecular weight is 286 g/mol. The van der Waals surface area contributed by atoms with Crippen LogP contribution in [0.1, 0.15) is 37.3 Å². The molecule has 4 heteroatoms. The summed E-state index contributed by atoms with van der Waals surface area (Å²) in [6.07, 6.45) is 3.31. The maximum absolute atomic E-state index is 12.1. The van der Waals surface area contributed by atoms with Gasteiger partial charge >= 0.3 is 0 Å². The highest BCUT2D eigenvalue weighted by Crippen LogP contribution is 2.36. The Bertz CT molecular complexity index is 422. The Labute approximate surface area is 118 Å². The number of nitrogens with zero attached hydrogens (tertiary/aromatic N) is 1. The summed E-state index contributed by atoms with van der Waals surface area (Å²) in [5.41, 5.74) is 1.07. The Hall–Kier alpha value is -0.730. The van der Waals surface area contributed by atoms with E-state index in [1.165, 1.54) is 0 Å². The third-order valence-corrected chi connectivity index (χ3v) is 3.97. The lowest BCUT2D eigenvalue weighted by Crippen LogP contribution is -2.30. The third kappa shape index (κ3) is 2.99. The minimum atomic E-state index is 0.140. The molecular formula is C14H17Cl2NO. The number of benzene rings is 1. The van der Waals surface area contributed by atoms with Gasteiger partial charge in [-0.3, -0.25) is 4.79 Å². The first-order valence-electron chi connectivity index (χ1n) is 6.34. The molecule has 0 spiro atoms. The maximum atomic E-state index is 12.1. The van der Waals surface area contributed by atoms with Gasteiger partial charge in [0.05, 0.1) is 6.04 Å². The molecule has 0 radical (unpaired) electrons. The van der Waals surface area contributed by atoms with Gasteiger partial charge in [-0.1, -0.05) is 29.8 Å². The average Bonchev–Trinajstić information content (AvgIpc) is 2.85. The van der Waals surface area contributed by atoms with Crippen LogP contribution in [0.15, 0.2) is 24.3 Å². The van der Waals surface area contributed by atoms with E-state index in [1.807, 2.05) is 29.2 Å². The molecule has 18 heavy (non-hydrogen) atoms. The molecule has 0 saturated carbocycles. The van der Waals surface area contributed by atoms with Crippen molar-refractivity contribution in [3.05, 3.63) is 34.9 Å². The van der Waals surface area contributed by atoms with Gasteiger partial charge in [0.2, 0.25) is 5.91 Å².